The number of aromatic nitrogens is 2. The van der Waals surface area contributed by atoms with E-state index in [9.17, 15) is 4.39 Å². The molecule has 1 atom stereocenters. The van der Waals surface area contributed by atoms with E-state index in [1.165, 1.54) is 12.1 Å². The number of rotatable bonds is 2. The van der Waals surface area contributed by atoms with Gasteiger partial charge in [0.05, 0.1) is 17.1 Å². The summed E-state index contributed by atoms with van der Waals surface area (Å²) in [6.07, 6.45) is 0. The molecule has 0 saturated carbocycles. The molecule has 0 aliphatic carbocycles. The van der Waals surface area contributed by atoms with Crippen molar-refractivity contribution in [2.75, 3.05) is 7.05 Å². The Morgan fingerprint density at radius 3 is 2.87 bits per heavy atom. The minimum atomic E-state index is -0.246. The summed E-state index contributed by atoms with van der Waals surface area (Å²) in [6, 6.07) is 4.83. The van der Waals surface area contributed by atoms with Crippen LogP contribution in [0.2, 0.25) is 0 Å². The number of aryl methyl sites for hydroxylation is 1. The summed E-state index contributed by atoms with van der Waals surface area (Å²) in [6.45, 7) is 2.03. The third kappa shape index (κ3) is 1.61. The van der Waals surface area contributed by atoms with Crippen LogP contribution in [-0.2, 0) is 7.05 Å². The van der Waals surface area contributed by atoms with Gasteiger partial charge in [-0.2, -0.15) is 0 Å². The van der Waals surface area contributed by atoms with E-state index in [0.29, 0.717) is 5.52 Å². The second-order valence-corrected chi connectivity index (χ2v) is 3.67. The molecular weight excluding hydrogens is 193 g/mol. The molecule has 1 unspecified atom stereocenters. The Morgan fingerprint density at radius 2 is 2.20 bits per heavy atom. The Labute approximate surface area is 87.9 Å². The highest BCUT2D eigenvalue weighted by molar-refractivity contribution is 5.76. The van der Waals surface area contributed by atoms with E-state index in [1.807, 2.05) is 25.6 Å². The van der Waals surface area contributed by atoms with Gasteiger partial charge in [0.2, 0.25) is 0 Å². The predicted molar refractivity (Wildman–Crippen MR) is 58.1 cm³/mol. The summed E-state index contributed by atoms with van der Waals surface area (Å²) < 4.78 is 15.0. The molecule has 0 spiro atoms. The zero-order chi connectivity index (χ0) is 11.0. The number of benzene rings is 1. The molecule has 1 aromatic carbocycles. The van der Waals surface area contributed by atoms with Crippen molar-refractivity contribution >= 4 is 11.0 Å². The summed E-state index contributed by atoms with van der Waals surface area (Å²) in [4.78, 5) is 4.40. The minimum Gasteiger partial charge on any atom is -0.330 e. The van der Waals surface area contributed by atoms with Crippen molar-refractivity contribution < 1.29 is 4.39 Å². The molecule has 3 nitrogen and oxygen atoms in total. The Kier molecular flexibility index (Phi) is 2.44. The van der Waals surface area contributed by atoms with Crippen LogP contribution in [0.5, 0.6) is 0 Å². The summed E-state index contributed by atoms with van der Waals surface area (Å²) in [5, 5.41) is 3.12. The lowest BCUT2D eigenvalue weighted by atomic mass is 10.3. The molecule has 1 heterocycles. The van der Waals surface area contributed by atoms with E-state index in [4.69, 9.17) is 0 Å². The van der Waals surface area contributed by atoms with Gasteiger partial charge in [-0.3, -0.25) is 0 Å². The first-order valence-electron chi connectivity index (χ1n) is 4.92. The van der Waals surface area contributed by atoms with E-state index >= 15 is 0 Å². The second kappa shape index (κ2) is 3.62. The quantitative estimate of drug-likeness (QED) is 0.816. The summed E-state index contributed by atoms with van der Waals surface area (Å²) in [5.41, 5.74) is 1.66. The zero-order valence-electron chi connectivity index (χ0n) is 9.08. The van der Waals surface area contributed by atoms with Crippen molar-refractivity contribution in [1.29, 1.82) is 0 Å². The highest BCUT2D eigenvalue weighted by atomic mass is 19.1. The minimum absolute atomic E-state index is 0.158. The molecule has 0 amide bonds. The predicted octanol–water partition coefficient (Wildman–Crippen LogP) is 1.99. The molecule has 2 rings (SSSR count). The maximum atomic E-state index is 13.0. The van der Waals surface area contributed by atoms with Crippen LogP contribution in [0.1, 0.15) is 18.8 Å². The largest absolute Gasteiger partial charge is 0.330 e. The second-order valence-electron chi connectivity index (χ2n) is 3.67. The van der Waals surface area contributed by atoms with E-state index in [2.05, 4.69) is 10.3 Å². The lowest BCUT2D eigenvalue weighted by molar-refractivity contribution is 0.590. The number of fused-ring (bicyclic) bond motifs is 1. The average molecular weight is 207 g/mol. The summed E-state index contributed by atoms with van der Waals surface area (Å²) in [5.74, 6) is 0.669. The van der Waals surface area contributed by atoms with E-state index < -0.39 is 0 Å². The highest BCUT2D eigenvalue weighted by Crippen LogP contribution is 2.19. The molecule has 1 aromatic heterocycles. The average Bonchev–Trinajstić information content (AvgIpc) is 2.54. The van der Waals surface area contributed by atoms with Crippen LogP contribution in [0, 0.1) is 5.82 Å². The summed E-state index contributed by atoms with van der Waals surface area (Å²) in [7, 11) is 3.82. The van der Waals surface area contributed by atoms with Crippen LogP contribution >= 0.6 is 0 Å². The zero-order valence-corrected chi connectivity index (χ0v) is 9.08. The molecule has 0 saturated heterocycles. The number of imidazole rings is 1. The molecule has 15 heavy (non-hydrogen) atoms. The van der Waals surface area contributed by atoms with E-state index in [0.717, 1.165) is 11.3 Å². The Hall–Kier alpha value is -1.42. The van der Waals surface area contributed by atoms with E-state index in [1.54, 1.807) is 6.07 Å². The van der Waals surface area contributed by atoms with Gasteiger partial charge in [0.1, 0.15) is 11.6 Å². The maximum absolute atomic E-state index is 13.0. The fraction of sp³-hybridized carbons (Fsp3) is 0.364. The molecule has 80 valence electrons. The molecule has 1 N–H and O–H groups in total. The first kappa shape index (κ1) is 10.1. The van der Waals surface area contributed by atoms with Gasteiger partial charge in [-0.1, -0.05) is 0 Å². The third-order valence-electron chi connectivity index (χ3n) is 2.70. The van der Waals surface area contributed by atoms with Gasteiger partial charge in [-0.05, 0) is 26.1 Å². The molecule has 0 fully saturated rings. The van der Waals surface area contributed by atoms with Crippen LogP contribution < -0.4 is 5.32 Å². The molecule has 2 aromatic rings. The normalized spacial score (nSPS) is 13.3. The van der Waals surface area contributed by atoms with Crippen LogP contribution in [0.3, 0.4) is 0 Å². The first-order chi connectivity index (χ1) is 7.13. The SMILES string of the molecule is CNC(C)c1nc2cc(F)ccc2n1C. The topological polar surface area (TPSA) is 29.9 Å². The van der Waals surface area contributed by atoms with E-state index in [-0.39, 0.29) is 11.9 Å². The van der Waals surface area contributed by atoms with Crippen molar-refractivity contribution in [3.63, 3.8) is 0 Å². The standard InChI is InChI=1S/C11H14FN3/c1-7(13-2)11-14-9-6-8(12)4-5-10(9)15(11)3/h4-7,13H,1-3H3. The maximum Gasteiger partial charge on any atom is 0.126 e. The van der Waals surface area contributed by atoms with Gasteiger partial charge in [-0.15, -0.1) is 0 Å². The van der Waals surface area contributed by atoms with Crippen LogP contribution in [0.4, 0.5) is 4.39 Å². The Morgan fingerprint density at radius 1 is 1.47 bits per heavy atom. The van der Waals surface area contributed by atoms with Crippen LogP contribution in [0.25, 0.3) is 11.0 Å². The highest BCUT2D eigenvalue weighted by Gasteiger charge is 2.12. The number of hydrogen-bond acceptors (Lipinski definition) is 2. The van der Waals surface area contributed by atoms with Crippen LogP contribution in [-0.4, -0.2) is 16.6 Å². The molecule has 0 radical (unpaired) electrons. The fourth-order valence-corrected chi connectivity index (χ4v) is 1.71. The van der Waals surface area contributed by atoms with Gasteiger partial charge < -0.3 is 9.88 Å². The Bertz CT molecular complexity index is 490. The van der Waals surface area contributed by atoms with Gasteiger partial charge in [-0.25, -0.2) is 9.37 Å². The van der Waals surface area contributed by atoms with Crippen molar-refractivity contribution in [1.82, 2.24) is 14.9 Å². The van der Waals surface area contributed by atoms with Crippen molar-refractivity contribution in [2.24, 2.45) is 7.05 Å². The number of nitrogens with zero attached hydrogens (tertiary/aromatic N) is 2. The molecular formula is C11H14FN3. The monoisotopic (exact) mass is 207 g/mol. The van der Waals surface area contributed by atoms with Crippen molar-refractivity contribution in [3.05, 3.63) is 29.8 Å². The lowest BCUT2D eigenvalue weighted by Crippen LogP contribution is -2.16. The number of nitrogens with one attached hydrogen (secondary N) is 1. The smallest absolute Gasteiger partial charge is 0.126 e. The molecule has 0 aliphatic rings. The van der Waals surface area contributed by atoms with Gasteiger partial charge >= 0.3 is 0 Å². The fourth-order valence-electron chi connectivity index (χ4n) is 1.71. The van der Waals surface area contributed by atoms with Gasteiger partial charge in [0, 0.05) is 13.1 Å². The Balaban J connectivity index is 2.63. The van der Waals surface area contributed by atoms with Crippen LogP contribution in [0.15, 0.2) is 18.2 Å². The van der Waals surface area contributed by atoms with Crippen molar-refractivity contribution in [3.8, 4) is 0 Å². The molecule has 0 bridgehead atoms. The number of halogens is 1. The lowest BCUT2D eigenvalue weighted by Gasteiger charge is -2.09. The van der Waals surface area contributed by atoms with Gasteiger partial charge in [0.25, 0.3) is 0 Å². The first-order valence-corrected chi connectivity index (χ1v) is 4.92. The number of hydrogen-bond donors (Lipinski definition) is 1. The molecule has 0 aliphatic heterocycles. The molecule has 4 heteroatoms. The van der Waals surface area contributed by atoms with Crippen molar-refractivity contribution in [2.45, 2.75) is 13.0 Å². The third-order valence-corrected chi connectivity index (χ3v) is 2.70. The summed E-state index contributed by atoms with van der Waals surface area (Å²) >= 11 is 0. The van der Waals surface area contributed by atoms with Gasteiger partial charge in [0.15, 0.2) is 0 Å².